The minimum atomic E-state index is -0.410. The summed E-state index contributed by atoms with van der Waals surface area (Å²) in [4.78, 5) is 11.7. The molecule has 0 aromatic carbocycles. The van der Waals surface area contributed by atoms with Crippen molar-refractivity contribution in [1.82, 2.24) is 10.6 Å². The Balaban J connectivity index is 2.49. The fraction of sp³-hybridized carbons (Fsp3) is 0.900. The number of carbonyl (C=O) groups is 1. The fourth-order valence-corrected chi connectivity index (χ4v) is 1.53. The minimum Gasteiger partial charge on any atom is -0.394 e. The van der Waals surface area contributed by atoms with Crippen molar-refractivity contribution in [2.75, 3.05) is 19.7 Å². The molecule has 14 heavy (non-hydrogen) atoms. The lowest BCUT2D eigenvalue weighted by atomic mass is 9.92. The largest absolute Gasteiger partial charge is 0.394 e. The Morgan fingerprint density at radius 2 is 2.07 bits per heavy atom. The molecule has 0 bridgehead atoms. The number of amides is 1. The van der Waals surface area contributed by atoms with Crippen molar-refractivity contribution >= 4 is 5.91 Å². The van der Waals surface area contributed by atoms with E-state index in [1.54, 1.807) is 0 Å². The smallest absolute Gasteiger partial charge is 0.226 e. The molecule has 0 spiro atoms. The quantitative estimate of drug-likeness (QED) is 0.579. The second kappa shape index (κ2) is 4.75. The Morgan fingerprint density at radius 3 is 2.36 bits per heavy atom. The number of hydrogen-bond donors (Lipinski definition) is 3. The molecule has 1 fully saturated rings. The van der Waals surface area contributed by atoms with Gasteiger partial charge in [-0.15, -0.1) is 0 Å². The second-order valence-corrected chi connectivity index (χ2v) is 3.99. The van der Waals surface area contributed by atoms with E-state index in [0.717, 1.165) is 25.9 Å². The summed E-state index contributed by atoms with van der Waals surface area (Å²) in [5, 5.41) is 15.3. The highest BCUT2D eigenvalue weighted by atomic mass is 16.3. The molecular formula is C10H20N2O2. The SMILES string of the molecule is CCC(CC)(CO)NC(=O)C1CNC1. The normalized spacial score (nSPS) is 17.6. The molecule has 0 radical (unpaired) electrons. The molecule has 82 valence electrons. The molecule has 0 saturated carbocycles. The topological polar surface area (TPSA) is 61.4 Å². The standard InChI is InChI=1S/C10H20N2O2/c1-3-10(4-2,7-13)12-9(14)8-5-11-6-8/h8,11,13H,3-7H2,1-2H3,(H,12,14). The van der Waals surface area contributed by atoms with Gasteiger partial charge in [0.1, 0.15) is 0 Å². The summed E-state index contributed by atoms with van der Waals surface area (Å²) in [6, 6.07) is 0. The Hall–Kier alpha value is -0.610. The van der Waals surface area contributed by atoms with Gasteiger partial charge in [0.05, 0.1) is 18.1 Å². The number of hydrogen-bond acceptors (Lipinski definition) is 3. The third kappa shape index (κ3) is 2.25. The lowest BCUT2D eigenvalue weighted by Gasteiger charge is -2.35. The van der Waals surface area contributed by atoms with Crippen molar-refractivity contribution in [3.05, 3.63) is 0 Å². The van der Waals surface area contributed by atoms with E-state index in [9.17, 15) is 9.90 Å². The molecular weight excluding hydrogens is 180 g/mol. The van der Waals surface area contributed by atoms with Crippen LogP contribution in [0.1, 0.15) is 26.7 Å². The van der Waals surface area contributed by atoms with Gasteiger partial charge in [-0.2, -0.15) is 0 Å². The maximum Gasteiger partial charge on any atom is 0.226 e. The van der Waals surface area contributed by atoms with Crippen LogP contribution in [0.3, 0.4) is 0 Å². The van der Waals surface area contributed by atoms with Crippen LogP contribution < -0.4 is 10.6 Å². The van der Waals surface area contributed by atoms with Crippen LogP contribution in [0.5, 0.6) is 0 Å². The van der Waals surface area contributed by atoms with Gasteiger partial charge in [0.25, 0.3) is 0 Å². The van der Waals surface area contributed by atoms with E-state index < -0.39 is 5.54 Å². The van der Waals surface area contributed by atoms with Gasteiger partial charge in [-0.25, -0.2) is 0 Å². The van der Waals surface area contributed by atoms with E-state index in [1.165, 1.54) is 0 Å². The zero-order valence-corrected chi connectivity index (χ0v) is 8.97. The molecule has 0 aromatic heterocycles. The molecule has 1 amide bonds. The minimum absolute atomic E-state index is 0.0197. The zero-order chi connectivity index (χ0) is 10.6. The summed E-state index contributed by atoms with van der Waals surface area (Å²) in [5.74, 6) is 0.167. The van der Waals surface area contributed by atoms with Crippen molar-refractivity contribution in [2.24, 2.45) is 5.92 Å². The first-order chi connectivity index (χ1) is 6.67. The molecule has 4 nitrogen and oxygen atoms in total. The van der Waals surface area contributed by atoms with Gasteiger partial charge < -0.3 is 15.7 Å². The average Bonchev–Trinajstić information content (AvgIpc) is 2.11. The van der Waals surface area contributed by atoms with Crippen molar-refractivity contribution in [1.29, 1.82) is 0 Å². The monoisotopic (exact) mass is 200 g/mol. The van der Waals surface area contributed by atoms with Crippen LogP contribution in [0.15, 0.2) is 0 Å². The number of aliphatic hydroxyl groups excluding tert-OH is 1. The third-order valence-corrected chi connectivity index (χ3v) is 3.20. The second-order valence-electron chi connectivity index (χ2n) is 3.99. The van der Waals surface area contributed by atoms with Gasteiger partial charge in [0.15, 0.2) is 0 Å². The van der Waals surface area contributed by atoms with E-state index in [2.05, 4.69) is 10.6 Å². The van der Waals surface area contributed by atoms with Crippen LogP contribution in [0.25, 0.3) is 0 Å². The molecule has 4 heteroatoms. The van der Waals surface area contributed by atoms with Gasteiger partial charge in [0.2, 0.25) is 5.91 Å². The predicted molar refractivity (Wildman–Crippen MR) is 54.9 cm³/mol. The van der Waals surface area contributed by atoms with Gasteiger partial charge >= 0.3 is 0 Å². The molecule has 0 unspecified atom stereocenters. The summed E-state index contributed by atoms with van der Waals surface area (Å²) in [6.45, 7) is 5.52. The summed E-state index contributed by atoms with van der Waals surface area (Å²) in [6.07, 6.45) is 1.54. The first-order valence-electron chi connectivity index (χ1n) is 5.31. The Labute approximate surface area is 85.1 Å². The molecule has 1 saturated heterocycles. The molecule has 0 atom stereocenters. The van der Waals surface area contributed by atoms with Crippen LogP contribution in [-0.2, 0) is 4.79 Å². The van der Waals surface area contributed by atoms with Crippen molar-refractivity contribution in [2.45, 2.75) is 32.2 Å². The predicted octanol–water partition coefficient (Wildman–Crippen LogP) is -0.127. The van der Waals surface area contributed by atoms with Crippen LogP contribution in [0.4, 0.5) is 0 Å². The Kier molecular flexibility index (Phi) is 3.89. The third-order valence-electron chi connectivity index (χ3n) is 3.20. The van der Waals surface area contributed by atoms with Gasteiger partial charge in [0, 0.05) is 13.1 Å². The van der Waals surface area contributed by atoms with Crippen LogP contribution >= 0.6 is 0 Å². The van der Waals surface area contributed by atoms with Crippen LogP contribution in [0, 0.1) is 5.92 Å². The first kappa shape index (κ1) is 11.5. The van der Waals surface area contributed by atoms with Gasteiger partial charge in [-0.1, -0.05) is 13.8 Å². The molecule has 1 heterocycles. The summed E-state index contributed by atoms with van der Waals surface area (Å²) in [7, 11) is 0. The van der Waals surface area contributed by atoms with Crippen LogP contribution in [-0.4, -0.2) is 36.2 Å². The summed E-state index contributed by atoms with van der Waals surface area (Å²) >= 11 is 0. The average molecular weight is 200 g/mol. The Bertz CT molecular complexity index is 190. The maximum atomic E-state index is 11.7. The summed E-state index contributed by atoms with van der Waals surface area (Å²) in [5.41, 5.74) is -0.410. The first-order valence-corrected chi connectivity index (χ1v) is 5.31. The van der Waals surface area contributed by atoms with E-state index in [4.69, 9.17) is 0 Å². The highest BCUT2D eigenvalue weighted by Crippen LogP contribution is 2.15. The fourth-order valence-electron chi connectivity index (χ4n) is 1.53. The van der Waals surface area contributed by atoms with E-state index in [1.807, 2.05) is 13.8 Å². The van der Waals surface area contributed by atoms with Crippen molar-refractivity contribution in [3.63, 3.8) is 0 Å². The lowest BCUT2D eigenvalue weighted by Crippen LogP contribution is -2.58. The number of rotatable bonds is 5. The molecule has 0 aromatic rings. The molecule has 1 rings (SSSR count). The summed E-state index contributed by atoms with van der Waals surface area (Å²) < 4.78 is 0. The lowest BCUT2D eigenvalue weighted by molar-refractivity contribution is -0.129. The Morgan fingerprint density at radius 1 is 1.50 bits per heavy atom. The van der Waals surface area contributed by atoms with Crippen molar-refractivity contribution in [3.8, 4) is 0 Å². The van der Waals surface area contributed by atoms with E-state index in [0.29, 0.717) is 0 Å². The number of carbonyl (C=O) groups excluding carboxylic acids is 1. The number of aliphatic hydroxyl groups is 1. The maximum absolute atomic E-state index is 11.7. The number of nitrogens with one attached hydrogen (secondary N) is 2. The molecule has 1 aliphatic heterocycles. The molecule has 1 aliphatic rings. The van der Waals surface area contributed by atoms with E-state index >= 15 is 0 Å². The van der Waals surface area contributed by atoms with Gasteiger partial charge in [-0.3, -0.25) is 4.79 Å². The van der Waals surface area contributed by atoms with Crippen molar-refractivity contribution < 1.29 is 9.90 Å². The highest BCUT2D eigenvalue weighted by molar-refractivity contribution is 5.80. The van der Waals surface area contributed by atoms with E-state index in [-0.39, 0.29) is 18.4 Å². The van der Waals surface area contributed by atoms with Gasteiger partial charge in [-0.05, 0) is 12.8 Å². The molecule has 3 N–H and O–H groups in total. The van der Waals surface area contributed by atoms with Crippen LogP contribution in [0.2, 0.25) is 0 Å². The highest BCUT2D eigenvalue weighted by Gasteiger charge is 2.32. The molecule has 0 aliphatic carbocycles. The zero-order valence-electron chi connectivity index (χ0n) is 8.97.